The van der Waals surface area contributed by atoms with Crippen molar-refractivity contribution in [3.8, 4) is 0 Å². The maximum atomic E-state index is 12.5. The van der Waals surface area contributed by atoms with E-state index in [4.69, 9.17) is 23.1 Å². The van der Waals surface area contributed by atoms with E-state index in [1.165, 1.54) is 18.2 Å². The highest BCUT2D eigenvalue weighted by atomic mass is 79.9. The summed E-state index contributed by atoms with van der Waals surface area (Å²) in [4.78, 5) is 26.0. The van der Waals surface area contributed by atoms with E-state index in [9.17, 15) is 9.59 Å². The lowest BCUT2D eigenvalue weighted by atomic mass is 10.1. The Kier molecular flexibility index (Phi) is 3.15. The van der Waals surface area contributed by atoms with Crippen LogP contribution in [0.15, 0.2) is 34.8 Å². The second-order valence-electron chi connectivity index (χ2n) is 4.58. The summed E-state index contributed by atoms with van der Waals surface area (Å²) >= 11 is 9.43. The van der Waals surface area contributed by atoms with Crippen LogP contribution >= 0.6 is 27.5 Å². The predicted octanol–water partition coefficient (Wildman–Crippen LogP) is 3.07. The zero-order valence-corrected chi connectivity index (χ0v) is 12.9. The molecule has 2 aromatic carbocycles. The van der Waals surface area contributed by atoms with E-state index in [-0.39, 0.29) is 16.3 Å². The van der Waals surface area contributed by atoms with E-state index >= 15 is 0 Å². The highest BCUT2D eigenvalue weighted by Crippen LogP contribution is 2.40. The number of nitrogens with zero attached hydrogens (tertiary/aromatic N) is 1. The highest BCUT2D eigenvalue weighted by Gasteiger charge is 2.38. The molecule has 2 amide bonds. The van der Waals surface area contributed by atoms with Gasteiger partial charge in [0, 0.05) is 15.8 Å². The number of rotatable bonds is 1. The molecule has 1 aliphatic heterocycles. The molecule has 0 aliphatic carbocycles. The highest BCUT2D eigenvalue weighted by molar-refractivity contribution is 9.10. The molecule has 2 aromatic rings. The summed E-state index contributed by atoms with van der Waals surface area (Å²) in [7, 11) is 0. The summed E-state index contributed by atoms with van der Waals surface area (Å²) < 4.78 is 0.468. The first-order valence-electron chi connectivity index (χ1n) is 5.93. The van der Waals surface area contributed by atoms with E-state index in [0.29, 0.717) is 21.4 Å². The van der Waals surface area contributed by atoms with Crippen molar-refractivity contribution in [1.29, 1.82) is 0 Å². The molecule has 7 heteroatoms. The zero-order valence-electron chi connectivity index (χ0n) is 10.6. The number of imide groups is 1. The van der Waals surface area contributed by atoms with E-state index in [0.717, 1.165) is 4.90 Å². The molecule has 5 nitrogen and oxygen atoms in total. The van der Waals surface area contributed by atoms with Gasteiger partial charge in [0.1, 0.15) is 0 Å². The summed E-state index contributed by atoms with van der Waals surface area (Å²) in [6.45, 7) is 0. The zero-order chi connectivity index (χ0) is 15.3. The molecule has 3 rings (SSSR count). The maximum Gasteiger partial charge on any atom is 0.266 e. The van der Waals surface area contributed by atoms with Crippen LogP contribution in [0.2, 0.25) is 5.02 Å². The molecular formula is C14H9BrClN3O2. The molecule has 4 N–H and O–H groups in total. The van der Waals surface area contributed by atoms with Crippen LogP contribution in [0, 0.1) is 0 Å². The predicted molar refractivity (Wildman–Crippen MR) is 85.6 cm³/mol. The summed E-state index contributed by atoms with van der Waals surface area (Å²) in [6, 6.07) is 7.66. The molecule has 0 unspecified atom stereocenters. The fraction of sp³-hybridized carbons (Fsp3) is 0. The van der Waals surface area contributed by atoms with Gasteiger partial charge in [0.25, 0.3) is 11.8 Å². The molecule has 0 aromatic heterocycles. The third-order valence-electron chi connectivity index (χ3n) is 3.17. The Balaban J connectivity index is 2.19. The fourth-order valence-electron chi connectivity index (χ4n) is 2.26. The number of anilines is 3. The standard InChI is InChI=1S/C14H9BrClN3O2/c15-10-4-7(18)5-11(16)12(10)19-13(20)8-2-1-6(17)3-9(8)14(19)21/h1-5H,17-18H2. The van der Waals surface area contributed by atoms with Crippen molar-refractivity contribution < 1.29 is 9.59 Å². The largest absolute Gasteiger partial charge is 0.399 e. The topological polar surface area (TPSA) is 89.4 Å². The number of benzene rings is 2. The third-order valence-corrected chi connectivity index (χ3v) is 4.07. The Hall–Kier alpha value is -2.05. The van der Waals surface area contributed by atoms with E-state index in [1.54, 1.807) is 12.1 Å². The molecule has 0 bridgehead atoms. The Morgan fingerprint density at radius 1 is 0.952 bits per heavy atom. The monoisotopic (exact) mass is 365 g/mol. The lowest BCUT2D eigenvalue weighted by Crippen LogP contribution is -2.30. The van der Waals surface area contributed by atoms with Crippen molar-refractivity contribution in [3.63, 3.8) is 0 Å². The first-order chi connectivity index (χ1) is 9.90. The quantitative estimate of drug-likeness (QED) is 0.599. The SMILES string of the molecule is Nc1cc(Cl)c(N2C(=O)c3ccc(N)cc3C2=O)c(Br)c1. The number of hydrogen-bond donors (Lipinski definition) is 2. The summed E-state index contributed by atoms with van der Waals surface area (Å²) in [6.07, 6.45) is 0. The number of fused-ring (bicyclic) bond motifs is 1. The van der Waals surface area contributed by atoms with Gasteiger partial charge in [-0.1, -0.05) is 11.6 Å². The molecule has 21 heavy (non-hydrogen) atoms. The van der Waals surface area contributed by atoms with Crippen molar-refractivity contribution in [3.05, 3.63) is 51.0 Å². The van der Waals surface area contributed by atoms with E-state index < -0.39 is 11.8 Å². The Labute approximate surface area is 133 Å². The molecular weight excluding hydrogens is 358 g/mol. The van der Waals surface area contributed by atoms with E-state index in [1.807, 2.05) is 0 Å². The Morgan fingerprint density at radius 3 is 2.29 bits per heavy atom. The van der Waals surface area contributed by atoms with Crippen molar-refractivity contribution in [2.45, 2.75) is 0 Å². The van der Waals surface area contributed by atoms with Gasteiger partial charge < -0.3 is 11.5 Å². The average molecular weight is 367 g/mol. The van der Waals surface area contributed by atoms with Crippen molar-refractivity contribution in [2.75, 3.05) is 16.4 Å². The van der Waals surface area contributed by atoms with Gasteiger partial charge in [-0.15, -0.1) is 0 Å². The molecule has 0 saturated carbocycles. The molecule has 0 radical (unpaired) electrons. The molecule has 1 aliphatic rings. The molecule has 106 valence electrons. The minimum atomic E-state index is -0.463. The molecule has 0 fully saturated rings. The normalized spacial score (nSPS) is 13.7. The van der Waals surface area contributed by atoms with Gasteiger partial charge >= 0.3 is 0 Å². The molecule has 0 saturated heterocycles. The second kappa shape index (κ2) is 4.75. The van der Waals surface area contributed by atoms with Crippen LogP contribution in [0.25, 0.3) is 0 Å². The summed E-state index contributed by atoms with van der Waals surface area (Å²) in [5.74, 6) is -0.906. The summed E-state index contributed by atoms with van der Waals surface area (Å²) in [5.41, 5.74) is 13.0. The number of carbonyl (C=O) groups is 2. The lowest BCUT2D eigenvalue weighted by Gasteiger charge is -2.17. The Morgan fingerprint density at radius 2 is 1.62 bits per heavy atom. The van der Waals surface area contributed by atoms with Crippen molar-refractivity contribution >= 4 is 56.4 Å². The Bertz CT molecular complexity index is 784. The molecule has 0 atom stereocenters. The minimum absolute atomic E-state index is 0.212. The van der Waals surface area contributed by atoms with Gasteiger partial charge in [-0.2, -0.15) is 0 Å². The van der Waals surface area contributed by atoms with Crippen LogP contribution in [0.4, 0.5) is 17.1 Å². The number of carbonyl (C=O) groups excluding carboxylic acids is 2. The molecule has 1 heterocycles. The number of hydrogen-bond acceptors (Lipinski definition) is 4. The van der Waals surface area contributed by atoms with E-state index in [2.05, 4.69) is 15.9 Å². The van der Waals surface area contributed by atoms with Gasteiger partial charge in [0.2, 0.25) is 0 Å². The van der Waals surface area contributed by atoms with Crippen LogP contribution in [0.5, 0.6) is 0 Å². The van der Waals surface area contributed by atoms with Gasteiger partial charge in [0.15, 0.2) is 0 Å². The molecule has 0 spiro atoms. The first-order valence-corrected chi connectivity index (χ1v) is 7.10. The van der Waals surface area contributed by atoms with Gasteiger partial charge in [-0.05, 0) is 46.3 Å². The maximum absolute atomic E-state index is 12.5. The average Bonchev–Trinajstić information content (AvgIpc) is 2.62. The number of amides is 2. The lowest BCUT2D eigenvalue weighted by molar-refractivity contribution is 0.0926. The minimum Gasteiger partial charge on any atom is -0.399 e. The third kappa shape index (κ3) is 2.07. The number of halogens is 2. The van der Waals surface area contributed by atoms with Crippen LogP contribution in [-0.2, 0) is 0 Å². The van der Waals surface area contributed by atoms with Crippen LogP contribution in [0.1, 0.15) is 20.7 Å². The van der Waals surface area contributed by atoms with Gasteiger partial charge in [0.05, 0.1) is 21.8 Å². The van der Waals surface area contributed by atoms with Crippen LogP contribution in [0.3, 0.4) is 0 Å². The second-order valence-corrected chi connectivity index (χ2v) is 5.85. The van der Waals surface area contributed by atoms with Crippen molar-refractivity contribution in [1.82, 2.24) is 0 Å². The first kappa shape index (κ1) is 13.9. The number of nitrogen functional groups attached to an aromatic ring is 2. The smallest absolute Gasteiger partial charge is 0.266 e. The van der Waals surface area contributed by atoms with Gasteiger partial charge in [-0.3, -0.25) is 9.59 Å². The van der Waals surface area contributed by atoms with Crippen LogP contribution < -0.4 is 16.4 Å². The van der Waals surface area contributed by atoms with Gasteiger partial charge in [-0.25, -0.2) is 4.90 Å². The number of nitrogens with two attached hydrogens (primary N) is 2. The fourth-order valence-corrected chi connectivity index (χ4v) is 3.34. The summed E-state index contributed by atoms with van der Waals surface area (Å²) in [5, 5.41) is 0.212. The van der Waals surface area contributed by atoms with Crippen molar-refractivity contribution in [2.24, 2.45) is 0 Å². The van der Waals surface area contributed by atoms with Crippen LogP contribution in [-0.4, -0.2) is 11.8 Å².